The molecule has 0 aliphatic rings. The van der Waals surface area contributed by atoms with Gasteiger partial charge in [0.05, 0.1) is 6.10 Å². The Balaban J connectivity index is 2.42. The van der Waals surface area contributed by atoms with Gasteiger partial charge in [-0.05, 0) is 25.4 Å². The fraction of sp³-hybridized carbons (Fsp3) is 0.778. The lowest BCUT2D eigenvalue weighted by atomic mass is 10.2. The normalized spacial score (nSPS) is 13.1. The van der Waals surface area contributed by atoms with Gasteiger partial charge in [-0.2, -0.15) is 16.9 Å². The quantitative estimate of drug-likeness (QED) is 0.768. The summed E-state index contributed by atoms with van der Waals surface area (Å²) >= 11 is 1.75. The van der Waals surface area contributed by atoms with E-state index in [0.717, 1.165) is 24.5 Å². The summed E-state index contributed by atoms with van der Waals surface area (Å²) in [5.74, 6) is 1.86. The Morgan fingerprint density at radius 1 is 1.64 bits per heavy atom. The minimum Gasteiger partial charge on any atom is -0.393 e. The number of rotatable bonds is 6. The first-order valence-electron chi connectivity index (χ1n) is 4.81. The van der Waals surface area contributed by atoms with E-state index in [-0.39, 0.29) is 6.10 Å². The van der Waals surface area contributed by atoms with Gasteiger partial charge in [0, 0.05) is 13.0 Å². The van der Waals surface area contributed by atoms with Gasteiger partial charge in [-0.1, -0.05) is 0 Å². The van der Waals surface area contributed by atoms with Gasteiger partial charge in [-0.3, -0.25) is 4.68 Å². The topological polar surface area (TPSA) is 50.9 Å². The van der Waals surface area contributed by atoms with Gasteiger partial charge < -0.3 is 5.11 Å². The van der Waals surface area contributed by atoms with Crippen LogP contribution in [0.2, 0.25) is 0 Å². The number of aliphatic hydroxyl groups is 1. The molecule has 1 unspecified atom stereocenters. The van der Waals surface area contributed by atoms with Crippen molar-refractivity contribution in [3.63, 3.8) is 0 Å². The van der Waals surface area contributed by atoms with Crippen molar-refractivity contribution in [3.05, 3.63) is 12.2 Å². The molecule has 0 spiro atoms. The number of hydrogen-bond donors (Lipinski definition) is 1. The largest absolute Gasteiger partial charge is 0.393 e. The molecular formula is C9H17N3OS. The molecule has 80 valence electrons. The molecule has 1 N–H and O–H groups in total. The first-order valence-corrected chi connectivity index (χ1v) is 6.21. The predicted octanol–water partition coefficient (Wildman–Crippen LogP) is 0.955. The minimum absolute atomic E-state index is 0.294. The Hall–Kier alpha value is -0.550. The Morgan fingerprint density at radius 2 is 2.43 bits per heavy atom. The summed E-state index contributed by atoms with van der Waals surface area (Å²) in [4.78, 5) is 4.12. The zero-order valence-electron chi connectivity index (χ0n) is 8.68. The molecule has 0 saturated heterocycles. The fourth-order valence-corrected chi connectivity index (χ4v) is 1.78. The number of aromatic nitrogens is 3. The van der Waals surface area contributed by atoms with Crippen LogP contribution in [0.1, 0.15) is 19.2 Å². The van der Waals surface area contributed by atoms with Gasteiger partial charge in [-0.15, -0.1) is 0 Å². The molecule has 4 nitrogen and oxygen atoms in total. The number of hydrogen-bond acceptors (Lipinski definition) is 4. The van der Waals surface area contributed by atoms with E-state index in [1.165, 1.54) is 0 Å². The molecule has 1 heterocycles. The van der Waals surface area contributed by atoms with Crippen molar-refractivity contribution in [2.45, 2.75) is 32.4 Å². The van der Waals surface area contributed by atoms with E-state index in [1.807, 2.05) is 17.9 Å². The highest BCUT2D eigenvalue weighted by Gasteiger charge is 2.09. The molecule has 0 aliphatic carbocycles. The van der Waals surface area contributed by atoms with Crippen LogP contribution in [-0.4, -0.2) is 38.0 Å². The summed E-state index contributed by atoms with van der Waals surface area (Å²) in [5.41, 5.74) is 0. The van der Waals surface area contributed by atoms with Crippen molar-refractivity contribution in [1.82, 2.24) is 14.8 Å². The highest BCUT2D eigenvalue weighted by molar-refractivity contribution is 7.98. The van der Waals surface area contributed by atoms with E-state index in [1.54, 1.807) is 18.1 Å². The summed E-state index contributed by atoms with van der Waals surface area (Å²) < 4.78 is 1.82. The van der Waals surface area contributed by atoms with Gasteiger partial charge in [-0.25, -0.2) is 4.98 Å². The maximum absolute atomic E-state index is 9.68. The molecule has 0 bridgehead atoms. The molecule has 0 amide bonds. The van der Waals surface area contributed by atoms with Crippen molar-refractivity contribution in [3.8, 4) is 0 Å². The van der Waals surface area contributed by atoms with Crippen molar-refractivity contribution in [2.24, 2.45) is 0 Å². The zero-order chi connectivity index (χ0) is 10.4. The maximum atomic E-state index is 9.68. The van der Waals surface area contributed by atoms with Crippen molar-refractivity contribution in [1.29, 1.82) is 0 Å². The summed E-state index contributed by atoms with van der Waals surface area (Å²) in [6.45, 7) is 2.83. The molecule has 14 heavy (non-hydrogen) atoms. The van der Waals surface area contributed by atoms with Crippen LogP contribution in [0.5, 0.6) is 0 Å². The van der Waals surface area contributed by atoms with Gasteiger partial charge in [0.15, 0.2) is 0 Å². The highest BCUT2D eigenvalue weighted by atomic mass is 32.2. The average molecular weight is 215 g/mol. The van der Waals surface area contributed by atoms with Crippen molar-refractivity contribution < 1.29 is 5.11 Å². The zero-order valence-corrected chi connectivity index (χ0v) is 9.50. The lowest BCUT2D eigenvalue weighted by Gasteiger charge is -2.09. The van der Waals surface area contributed by atoms with Gasteiger partial charge in [0.25, 0.3) is 0 Å². The first-order chi connectivity index (χ1) is 6.77. The van der Waals surface area contributed by atoms with Gasteiger partial charge in [0.2, 0.25) is 0 Å². The van der Waals surface area contributed by atoms with E-state index in [9.17, 15) is 5.11 Å². The van der Waals surface area contributed by atoms with Crippen molar-refractivity contribution in [2.75, 3.05) is 12.0 Å². The maximum Gasteiger partial charge on any atom is 0.138 e. The molecule has 0 aromatic carbocycles. The number of aryl methyl sites for hydroxylation is 1. The second-order valence-electron chi connectivity index (χ2n) is 3.13. The Kier molecular flexibility index (Phi) is 4.97. The third kappa shape index (κ3) is 3.31. The lowest BCUT2D eigenvalue weighted by Crippen LogP contribution is -2.15. The molecular weight excluding hydrogens is 198 g/mol. The summed E-state index contributed by atoms with van der Waals surface area (Å²) in [7, 11) is 0. The monoisotopic (exact) mass is 215 g/mol. The van der Waals surface area contributed by atoms with Gasteiger partial charge >= 0.3 is 0 Å². The van der Waals surface area contributed by atoms with E-state index >= 15 is 0 Å². The highest BCUT2D eigenvalue weighted by Crippen LogP contribution is 2.06. The molecule has 0 aliphatic heterocycles. The van der Waals surface area contributed by atoms with E-state index < -0.39 is 0 Å². The standard InChI is InChI=1S/C9H17N3OS/c1-3-12-9(10-7-11-12)6-8(13)4-5-14-2/h7-8,13H,3-6H2,1-2H3. The van der Waals surface area contributed by atoms with Crippen LogP contribution in [0.15, 0.2) is 6.33 Å². The molecule has 1 atom stereocenters. The number of nitrogens with zero attached hydrogens (tertiary/aromatic N) is 3. The molecule has 0 saturated carbocycles. The van der Waals surface area contributed by atoms with Crippen LogP contribution in [0.3, 0.4) is 0 Å². The van der Waals surface area contributed by atoms with Crippen molar-refractivity contribution >= 4 is 11.8 Å². The molecule has 1 aromatic heterocycles. The van der Waals surface area contributed by atoms with E-state index in [4.69, 9.17) is 0 Å². The molecule has 1 aromatic rings. The first kappa shape index (κ1) is 11.5. The smallest absolute Gasteiger partial charge is 0.138 e. The van der Waals surface area contributed by atoms with Crippen LogP contribution in [0.25, 0.3) is 0 Å². The average Bonchev–Trinajstić information content (AvgIpc) is 2.62. The Bertz CT molecular complexity index is 264. The van der Waals surface area contributed by atoms with Crippen LogP contribution in [0, 0.1) is 0 Å². The molecule has 1 rings (SSSR count). The molecule has 0 radical (unpaired) electrons. The third-order valence-corrected chi connectivity index (χ3v) is 2.71. The Morgan fingerprint density at radius 3 is 3.07 bits per heavy atom. The summed E-state index contributed by atoms with van der Waals surface area (Å²) in [5, 5.41) is 13.7. The molecule has 5 heteroatoms. The van der Waals surface area contributed by atoms with E-state index in [0.29, 0.717) is 6.42 Å². The lowest BCUT2D eigenvalue weighted by molar-refractivity contribution is 0.168. The van der Waals surface area contributed by atoms with Crippen LogP contribution < -0.4 is 0 Å². The third-order valence-electron chi connectivity index (χ3n) is 2.07. The Labute approximate surface area is 88.7 Å². The summed E-state index contributed by atoms with van der Waals surface area (Å²) in [6, 6.07) is 0. The number of aliphatic hydroxyl groups excluding tert-OH is 1. The van der Waals surface area contributed by atoms with Crippen LogP contribution in [-0.2, 0) is 13.0 Å². The minimum atomic E-state index is -0.294. The van der Waals surface area contributed by atoms with Gasteiger partial charge in [0.1, 0.15) is 12.2 Å². The fourth-order valence-electron chi connectivity index (χ4n) is 1.28. The van der Waals surface area contributed by atoms with Crippen LogP contribution >= 0.6 is 11.8 Å². The summed E-state index contributed by atoms with van der Waals surface area (Å²) in [6.07, 6.45) is 4.71. The second kappa shape index (κ2) is 6.03. The van der Waals surface area contributed by atoms with E-state index in [2.05, 4.69) is 10.1 Å². The number of thioether (sulfide) groups is 1. The second-order valence-corrected chi connectivity index (χ2v) is 4.12. The predicted molar refractivity (Wildman–Crippen MR) is 58.4 cm³/mol. The molecule has 0 fully saturated rings. The SMILES string of the molecule is CCn1ncnc1CC(O)CCSC. The van der Waals surface area contributed by atoms with Crippen LogP contribution in [0.4, 0.5) is 0 Å².